The van der Waals surface area contributed by atoms with Gasteiger partial charge in [0.05, 0.1) is 24.1 Å². The summed E-state index contributed by atoms with van der Waals surface area (Å²) in [7, 11) is 1.23. The standard InChI is InChI=1S/C28H19ClN4O5S/c1-38-27(37)18-10-6-12-20(14-18)33-25(35)22(29)23(26(33)36)30-19-11-5-9-17(13-19)24(34)32-28-31-21(15-39-28)16-7-3-2-4-8-16/h2-15,30H,1H3,(H,31,32,34). The SMILES string of the molecule is COC(=O)c1cccc(N2C(=O)C(Cl)=C(Nc3cccc(C(=O)Nc4nc(-c5ccccc5)cs4)c3)C2=O)c1. The molecule has 39 heavy (non-hydrogen) atoms. The van der Waals surface area contributed by atoms with E-state index in [4.69, 9.17) is 16.3 Å². The van der Waals surface area contributed by atoms with Gasteiger partial charge in [0.15, 0.2) is 5.13 Å². The number of carbonyl (C=O) groups excluding carboxylic acids is 4. The smallest absolute Gasteiger partial charge is 0.337 e. The lowest BCUT2D eigenvalue weighted by Crippen LogP contribution is -2.32. The van der Waals surface area contributed by atoms with E-state index in [0.29, 0.717) is 16.4 Å². The van der Waals surface area contributed by atoms with Crippen molar-refractivity contribution in [3.05, 3.63) is 106 Å². The van der Waals surface area contributed by atoms with Crippen LogP contribution in [0.25, 0.3) is 11.3 Å². The van der Waals surface area contributed by atoms with E-state index in [-0.39, 0.29) is 22.0 Å². The molecule has 5 rings (SSSR count). The molecule has 0 bridgehead atoms. The molecule has 0 saturated carbocycles. The zero-order chi connectivity index (χ0) is 27.5. The van der Waals surface area contributed by atoms with Gasteiger partial charge in [-0.2, -0.15) is 0 Å². The number of benzene rings is 3. The molecule has 0 fully saturated rings. The van der Waals surface area contributed by atoms with Gasteiger partial charge in [-0.1, -0.05) is 54.1 Å². The summed E-state index contributed by atoms with van der Waals surface area (Å²) in [6.07, 6.45) is 0. The summed E-state index contributed by atoms with van der Waals surface area (Å²) >= 11 is 7.54. The van der Waals surface area contributed by atoms with E-state index >= 15 is 0 Å². The number of imide groups is 1. The number of methoxy groups -OCH3 is 1. The number of nitrogens with one attached hydrogen (secondary N) is 2. The van der Waals surface area contributed by atoms with Gasteiger partial charge in [-0.25, -0.2) is 14.7 Å². The molecule has 4 aromatic rings. The molecule has 1 aliphatic rings. The number of thiazole rings is 1. The number of hydrogen-bond donors (Lipinski definition) is 2. The van der Waals surface area contributed by atoms with E-state index in [2.05, 4.69) is 15.6 Å². The van der Waals surface area contributed by atoms with Gasteiger partial charge in [-0.3, -0.25) is 19.7 Å². The van der Waals surface area contributed by atoms with Crippen LogP contribution in [0.15, 0.2) is 95.0 Å². The maximum atomic E-state index is 13.2. The third-order valence-corrected chi connectivity index (χ3v) is 6.85. The minimum Gasteiger partial charge on any atom is -0.465 e. The Balaban J connectivity index is 1.31. The molecule has 2 heterocycles. The van der Waals surface area contributed by atoms with Crippen LogP contribution in [0.5, 0.6) is 0 Å². The summed E-state index contributed by atoms with van der Waals surface area (Å²) in [4.78, 5) is 56.1. The van der Waals surface area contributed by atoms with Crippen molar-refractivity contribution < 1.29 is 23.9 Å². The topological polar surface area (TPSA) is 118 Å². The molecule has 0 saturated heterocycles. The van der Waals surface area contributed by atoms with Crippen LogP contribution in [-0.2, 0) is 14.3 Å². The molecule has 2 N–H and O–H groups in total. The lowest BCUT2D eigenvalue weighted by atomic mass is 10.2. The number of halogens is 1. The quantitative estimate of drug-likeness (QED) is 0.234. The van der Waals surface area contributed by atoms with Gasteiger partial charge in [-0.05, 0) is 36.4 Å². The fraction of sp³-hybridized carbons (Fsp3) is 0.0357. The van der Waals surface area contributed by atoms with Gasteiger partial charge < -0.3 is 10.1 Å². The van der Waals surface area contributed by atoms with Gasteiger partial charge in [0.25, 0.3) is 17.7 Å². The summed E-state index contributed by atoms with van der Waals surface area (Å²) in [5.41, 5.74) is 2.53. The van der Waals surface area contributed by atoms with Crippen molar-refractivity contribution in [3.8, 4) is 11.3 Å². The molecule has 1 aliphatic heterocycles. The zero-order valence-corrected chi connectivity index (χ0v) is 21.9. The summed E-state index contributed by atoms with van der Waals surface area (Å²) in [6.45, 7) is 0. The Morgan fingerprint density at radius 1 is 0.923 bits per heavy atom. The second-order valence-electron chi connectivity index (χ2n) is 8.24. The third kappa shape index (κ3) is 5.28. The van der Waals surface area contributed by atoms with Crippen molar-refractivity contribution in [2.75, 3.05) is 22.6 Å². The van der Waals surface area contributed by atoms with Crippen LogP contribution >= 0.6 is 22.9 Å². The Bertz CT molecular complexity index is 1650. The predicted octanol–water partition coefficient (Wildman–Crippen LogP) is 5.28. The Morgan fingerprint density at radius 3 is 2.44 bits per heavy atom. The number of nitrogens with zero attached hydrogens (tertiary/aromatic N) is 2. The molecular weight excluding hydrogens is 540 g/mol. The average molecular weight is 559 g/mol. The molecule has 3 amide bonds. The third-order valence-electron chi connectivity index (χ3n) is 5.74. The van der Waals surface area contributed by atoms with Crippen molar-refractivity contribution in [2.24, 2.45) is 0 Å². The van der Waals surface area contributed by atoms with E-state index in [1.807, 2.05) is 35.7 Å². The summed E-state index contributed by atoms with van der Waals surface area (Å²) < 4.78 is 4.71. The number of ether oxygens (including phenoxy) is 1. The fourth-order valence-corrected chi connectivity index (χ4v) is 4.79. The number of aromatic nitrogens is 1. The molecule has 0 atom stereocenters. The Kier molecular flexibility index (Phi) is 7.22. The van der Waals surface area contributed by atoms with Crippen molar-refractivity contribution in [2.45, 2.75) is 0 Å². The van der Waals surface area contributed by atoms with Gasteiger partial charge >= 0.3 is 5.97 Å². The number of anilines is 3. The van der Waals surface area contributed by atoms with E-state index < -0.39 is 23.7 Å². The molecule has 0 radical (unpaired) electrons. The molecule has 0 aliphatic carbocycles. The highest BCUT2D eigenvalue weighted by molar-refractivity contribution is 7.14. The molecule has 3 aromatic carbocycles. The minimum absolute atomic E-state index is 0.157. The first kappa shape index (κ1) is 25.8. The van der Waals surface area contributed by atoms with Crippen molar-refractivity contribution in [1.82, 2.24) is 4.98 Å². The second kappa shape index (κ2) is 10.9. The Morgan fingerprint density at radius 2 is 1.67 bits per heavy atom. The van der Waals surface area contributed by atoms with Crippen LogP contribution in [0, 0.1) is 0 Å². The van der Waals surface area contributed by atoms with Crippen LogP contribution in [0.1, 0.15) is 20.7 Å². The number of hydrogen-bond acceptors (Lipinski definition) is 8. The van der Waals surface area contributed by atoms with E-state index in [1.165, 1.54) is 48.8 Å². The van der Waals surface area contributed by atoms with Crippen molar-refractivity contribution in [3.63, 3.8) is 0 Å². The van der Waals surface area contributed by atoms with Crippen LogP contribution in [0.4, 0.5) is 16.5 Å². The van der Waals surface area contributed by atoms with Crippen LogP contribution < -0.4 is 15.5 Å². The van der Waals surface area contributed by atoms with Gasteiger partial charge in [-0.15, -0.1) is 11.3 Å². The molecule has 9 nitrogen and oxygen atoms in total. The van der Waals surface area contributed by atoms with Crippen molar-refractivity contribution in [1.29, 1.82) is 0 Å². The Labute approximate surface area is 231 Å². The molecule has 0 unspecified atom stereocenters. The first-order chi connectivity index (χ1) is 18.9. The first-order valence-electron chi connectivity index (χ1n) is 11.5. The summed E-state index contributed by atoms with van der Waals surface area (Å²) in [6, 6.07) is 21.9. The first-order valence-corrected chi connectivity index (χ1v) is 12.8. The second-order valence-corrected chi connectivity index (χ2v) is 9.48. The molecule has 1 aromatic heterocycles. The lowest BCUT2D eigenvalue weighted by molar-refractivity contribution is -0.120. The van der Waals surface area contributed by atoms with Crippen LogP contribution in [0.2, 0.25) is 0 Å². The van der Waals surface area contributed by atoms with Crippen molar-refractivity contribution >= 4 is 63.1 Å². The maximum Gasteiger partial charge on any atom is 0.337 e. The number of esters is 1. The maximum absolute atomic E-state index is 13.2. The highest BCUT2D eigenvalue weighted by Gasteiger charge is 2.39. The van der Waals surface area contributed by atoms with E-state index in [1.54, 1.807) is 18.2 Å². The normalized spacial score (nSPS) is 13.0. The van der Waals surface area contributed by atoms with Gasteiger partial charge in [0.1, 0.15) is 10.7 Å². The number of amides is 3. The molecule has 194 valence electrons. The molecule has 11 heteroatoms. The summed E-state index contributed by atoms with van der Waals surface area (Å²) in [5, 5.41) is 7.60. The molecular formula is C28H19ClN4O5S. The monoisotopic (exact) mass is 558 g/mol. The fourth-order valence-electron chi connectivity index (χ4n) is 3.86. The Hall–Kier alpha value is -4.80. The summed E-state index contributed by atoms with van der Waals surface area (Å²) in [5.74, 6) is -2.48. The van der Waals surface area contributed by atoms with E-state index in [9.17, 15) is 19.2 Å². The number of carbonyl (C=O) groups is 4. The van der Waals surface area contributed by atoms with Crippen LogP contribution in [-0.4, -0.2) is 35.8 Å². The van der Waals surface area contributed by atoms with Gasteiger partial charge in [0, 0.05) is 22.2 Å². The lowest BCUT2D eigenvalue weighted by Gasteiger charge is -2.16. The highest BCUT2D eigenvalue weighted by atomic mass is 35.5. The number of rotatable bonds is 7. The average Bonchev–Trinajstić information content (AvgIpc) is 3.51. The highest BCUT2D eigenvalue weighted by Crippen LogP contribution is 2.31. The minimum atomic E-state index is -0.752. The largest absolute Gasteiger partial charge is 0.465 e. The zero-order valence-electron chi connectivity index (χ0n) is 20.3. The van der Waals surface area contributed by atoms with Gasteiger partial charge in [0.2, 0.25) is 0 Å². The predicted molar refractivity (Wildman–Crippen MR) is 149 cm³/mol. The van der Waals surface area contributed by atoms with E-state index in [0.717, 1.165) is 16.2 Å². The van der Waals surface area contributed by atoms with Crippen LogP contribution in [0.3, 0.4) is 0 Å². The molecule has 0 spiro atoms.